The molecule has 0 fully saturated rings. The highest BCUT2D eigenvalue weighted by molar-refractivity contribution is 6.19. The van der Waals surface area contributed by atoms with E-state index in [9.17, 15) is 0 Å². The van der Waals surface area contributed by atoms with Gasteiger partial charge in [-0.1, -0.05) is 121 Å². The number of benzene rings is 9. The van der Waals surface area contributed by atoms with Crippen molar-refractivity contribution >= 4 is 65.9 Å². The van der Waals surface area contributed by atoms with Crippen molar-refractivity contribution in [3.05, 3.63) is 206 Å². The molecule has 0 unspecified atom stereocenters. The molecule has 13 rings (SSSR count). The van der Waals surface area contributed by atoms with Gasteiger partial charge in [0, 0.05) is 44.0 Å². The first kappa shape index (κ1) is 34.4. The Morgan fingerprint density at radius 2 is 0.694 bits per heavy atom. The molecule has 0 amide bonds. The van der Waals surface area contributed by atoms with Gasteiger partial charge in [-0.2, -0.15) is 0 Å². The van der Waals surface area contributed by atoms with Crippen molar-refractivity contribution in [3.8, 4) is 56.4 Å². The molecular weight excluding hydrogens is 761 g/mol. The second-order valence-corrected chi connectivity index (χ2v) is 15.8. The molecule has 6 heteroatoms. The molecule has 0 aliphatic carbocycles. The van der Waals surface area contributed by atoms with Crippen LogP contribution in [0.5, 0.6) is 0 Å². The summed E-state index contributed by atoms with van der Waals surface area (Å²) in [4.78, 5) is 10.0. The van der Waals surface area contributed by atoms with Crippen molar-refractivity contribution in [2.24, 2.45) is 0 Å². The standard InChI is InChI=1S/C56H34N4O2/c1-3-11-37(12-4-1)55-57-47-15-7-9-17-49(47)59(55)41-25-19-35(20-26-41)39-23-31-51-45(33-39)43-29-30-44-46-34-40(24-32-52(46)62-54(44)53(43)61-51)36-21-27-42(28-22-36)60-50-18-10-8-16-48(50)58-56(60)38-13-5-2-6-14-38/h1-34H. The molecule has 62 heavy (non-hydrogen) atoms. The first-order valence-electron chi connectivity index (χ1n) is 20.8. The second kappa shape index (κ2) is 13.5. The van der Waals surface area contributed by atoms with E-state index in [-0.39, 0.29) is 0 Å². The summed E-state index contributed by atoms with van der Waals surface area (Å²) in [6.45, 7) is 0. The van der Waals surface area contributed by atoms with Crippen molar-refractivity contribution in [1.29, 1.82) is 0 Å². The van der Waals surface area contributed by atoms with E-state index in [0.717, 1.165) is 122 Å². The molecule has 13 aromatic rings. The minimum absolute atomic E-state index is 0.759. The summed E-state index contributed by atoms with van der Waals surface area (Å²) >= 11 is 0. The van der Waals surface area contributed by atoms with Crippen molar-refractivity contribution in [1.82, 2.24) is 19.1 Å². The summed E-state index contributed by atoms with van der Waals surface area (Å²) in [5, 5.41) is 4.16. The van der Waals surface area contributed by atoms with Crippen LogP contribution in [0, 0.1) is 0 Å². The number of imidazole rings is 2. The van der Waals surface area contributed by atoms with E-state index in [2.05, 4.69) is 191 Å². The number of hydrogen-bond acceptors (Lipinski definition) is 4. The maximum Gasteiger partial charge on any atom is 0.178 e. The van der Waals surface area contributed by atoms with Gasteiger partial charge in [0.1, 0.15) is 22.8 Å². The quantitative estimate of drug-likeness (QED) is 0.168. The zero-order valence-electron chi connectivity index (χ0n) is 33.2. The molecule has 0 aliphatic rings. The Labute approximate surface area is 355 Å². The van der Waals surface area contributed by atoms with Crippen LogP contribution in [-0.2, 0) is 0 Å². The van der Waals surface area contributed by atoms with Gasteiger partial charge >= 0.3 is 0 Å². The van der Waals surface area contributed by atoms with Gasteiger partial charge in [-0.3, -0.25) is 9.13 Å². The monoisotopic (exact) mass is 794 g/mol. The molecule has 4 heterocycles. The third kappa shape index (κ3) is 5.37. The smallest absolute Gasteiger partial charge is 0.178 e. The second-order valence-electron chi connectivity index (χ2n) is 15.8. The predicted octanol–water partition coefficient (Wildman–Crippen LogP) is 14.8. The van der Waals surface area contributed by atoms with E-state index < -0.39 is 0 Å². The van der Waals surface area contributed by atoms with Crippen LogP contribution in [0.15, 0.2) is 215 Å². The van der Waals surface area contributed by atoms with E-state index in [1.54, 1.807) is 0 Å². The molecular formula is C56H34N4O2. The molecule has 0 radical (unpaired) electrons. The van der Waals surface area contributed by atoms with Crippen LogP contribution in [0.1, 0.15) is 0 Å². The fourth-order valence-corrected chi connectivity index (χ4v) is 9.17. The lowest BCUT2D eigenvalue weighted by atomic mass is 10.0. The largest absolute Gasteiger partial charge is 0.452 e. The average molecular weight is 795 g/mol. The van der Waals surface area contributed by atoms with Gasteiger partial charge < -0.3 is 8.83 Å². The Bertz CT molecular complexity index is 3580. The topological polar surface area (TPSA) is 61.9 Å². The Kier molecular flexibility index (Phi) is 7.50. The molecule has 6 nitrogen and oxygen atoms in total. The van der Waals surface area contributed by atoms with Crippen molar-refractivity contribution in [2.75, 3.05) is 0 Å². The summed E-state index contributed by atoms with van der Waals surface area (Å²) in [7, 11) is 0. The number of fused-ring (bicyclic) bond motifs is 9. The minimum atomic E-state index is 0.759. The first-order valence-corrected chi connectivity index (χ1v) is 20.8. The van der Waals surface area contributed by atoms with Gasteiger partial charge in [0.15, 0.2) is 11.2 Å². The zero-order chi connectivity index (χ0) is 40.7. The number of rotatable bonds is 6. The van der Waals surface area contributed by atoms with Gasteiger partial charge in [-0.15, -0.1) is 0 Å². The molecule has 0 N–H and O–H groups in total. The molecule has 0 aliphatic heterocycles. The summed E-state index contributed by atoms with van der Waals surface area (Å²) in [6.07, 6.45) is 0. The van der Waals surface area contributed by atoms with E-state index in [0.29, 0.717) is 0 Å². The fraction of sp³-hybridized carbons (Fsp3) is 0. The fourth-order valence-electron chi connectivity index (χ4n) is 9.17. The normalized spacial score (nSPS) is 11.9. The molecule has 4 aromatic heterocycles. The number of aromatic nitrogens is 4. The molecule has 0 saturated heterocycles. The Hall–Kier alpha value is -8.48. The average Bonchev–Trinajstić information content (AvgIpc) is 4.12. The highest BCUT2D eigenvalue weighted by Gasteiger charge is 2.19. The third-order valence-corrected chi connectivity index (χ3v) is 12.2. The first-order chi connectivity index (χ1) is 30.7. The highest BCUT2D eigenvalue weighted by atomic mass is 16.4. The van der Waals surface area contributed by atoms with E-state index in [4.69, 9.17) is 18.8 Å². The maximum absolute atomic E-state index is 6.57. The van der Waals surface area contributed by atoms with Crippen LogP contribution < -0.4 is 0 Å². The molecule has 0 atom stereocenters. The van der Waals surface area contributed by atoms with E-state index in [1.807, 2.05) is 24.3 Å². The van der Waals surface area contributed by atoms with E-state index in [1.165, 1.54) is 0 Å². The highest BCUT2D eigenvalue weighted by Crippen LogP contribution is 2.41. The van der Waals surface area contributed by atoms with Gasteiger partial charge in [-0.05, 0) is 107 Å². The summed E-state index contributed by atoms with van der Waals surface area (Å²) in [5.41, 5.74) is 16.0. The van der Waals surface area contributed by atoms with Gasteiger partial charge in [0.25, 0.3) is 0 Å². The third-order valence-electron chi connectivity index (χ3n) is 12.2. The van der Waals surface area contributed by atoms with Crippen LogP contribution in [0.3, 0.4) is 0 Å². The van der Waals surface area contributed by atoms with Crippen LogP contribution in [0.2, 0.25) is 0 Å². The van der Waals surface area contributed by atoms with Gasteiger partial charge in [0.2, 0.25) is 0 Å². The minimum Gasteiger partial charge on any atom is -0.452 e. The molecule has 0 bridgehead atoms. The molecule has 0 saturated carbocycles. The number of para-hydroxylation sites is 4. The molecule has 290 valence electrons. The van der Waals surface area contributed by atoms with Crippen LogP contribution in [0.4, 0.5) is 0 Å². The number of hydrogen-bond donors (Lipinski definition) is 0. The van der Waals surface area contributed by atoms with Crippen LogP contribution >= 0.6 is 0 Å². The number of furan rings is 2. The lowest BCUT2D eigenvalue weighted by Gasteiger charge is -2.11. The van der Waals surface area contributed by atoms with E-state index >= 15 is 0 Å². The maximum atomic E-state index is 6.57. The Morgan fingerprint density at radius 1 is 0.306 bits per heavy atom. The summed E-state index contributed by atoms with van der Waals surface area (Å²) in [6, 6.07) is 72.0. The predicted molar refractivity (Wildman–Crippen MR) is 252 cm³/mol. The lowest BCUT2D eigenvalue weighted by molar-refractivity contribution is 0.633. The SMILES string of the molecule is c1ccc(-c2nc3ccccc3n2-c2ccc(-c3ccc4oc5c(ccc6c7cc(-c8ccc(-n9c(-c%10ccccc%10)nc%10ccccc%109)cc8)ccc7oc65)c4c3)cc2)cc1. The molecule has 0 spiro atoms. The summed E-state index contributed by atoms with van der Waals surface area (Å²) in [5.74, 6) is 1.84. The Morgan fingerprint density at radius 3 is 1.13 bits per heavy atom. The Balaban J connectivity index is 0.841. The summed E-state index contributed by atoms with van der Waals surface area (Å²) < 4.78 is 17.6. The van der Waals surface area contributed by atoms with Crippen LogP contribution in [0.25, 0.3) is 122 Å². The zero-order valence-corrected chi connectivity index (χ0v) is 33.2. The van der Waals surface area contributed by atoms with Gasteiger partial charge in [0.05, 0.1) is 22.1 Å². The van der Waals surface area contributed by atoms with Crippen LogP contribution in [-0.4, -0.2) is 19.1 Å². The number of nitrogens with zero attached hydrogens (tertiary/aromatic N) is 4. The van der Waals surface area contributed by atoms with Crippen molar-refractivity contribution in [2.45, 2.75) is 0 Å². The lowest BCUT2D eigenvalue weighted by Crippen LogP contribution is -1.97. The van der Waals surface area contributed by atoms with Gasteiger partial charge in [-0.25, -0.2) is 9.97 Å². The molecule has 9 aromatic carbocycles. The van der Waals surface area contributed by atoms with Crippen molar-refractivity contribution in [3.63, 3.8) is 0 Å². The van der Waals surface area contributed by atoms with Crippen molar-refractivity contribution < 1.29 is 8.83 Å².